The molecule has 2 heterocycles. The summed E-state index contributed by atoms with van der Waals surface area (Å²) < 4.78 is 21.4. The quantitative estimate of drug-likeness (QED) is 0.931. The van der Waals surface area contributed by atoms with Gasteiger partial charge in [-0.3, -0.25) is 0 Å². The van der Waals surface area contributed by atoms with Crippen LogP contribution in [0.4, 0.5) is 4.39 Å². The largest absolute Gasteiger partial charge is 0.375 e. The van der Waals surface area contributed by atoms with Crippen molar-refractivity contribution in [1.82, 2.24) is 14.9 Å². The Morgan fingerprint density at radius 1 is 1.40 bits per heavy atom. The van der Waals surface area contributed by atoms with E-state index in [0.29, 0.717) is 6.04 Å². The van der Waals surface area contributed by atoms with Crippen molar-refractivity contribution in [2.75, 3.05) is 19.7 Å². The van der Waals surface area contributed by atoms with E-state index in [2.05, 4.69) is 14.9 Å². The minimum atomic E-state index is -0.222. The standard InChI is InChI=1S/C15H18FN3O/c16-10-1-4-14-13(7-10)18-15(19(14)11-2-3-11)8-12-9-17-5-6-20-12/h1,4,7,11-12,17H,2-3,5-6,8-9H2. The highest BCUT2D eigenvalue weighted by atomic mass is 19.1. The molecule has 1 unspecified atom stereocenters. The molecule has 1 aliphatic heterocycles. The van der Waals surface area contributed by atoms with E-state index in [1.807, 2.05) is 6.07 Å². The van der Waals surface area contributed by atoms with Crippen molar-refractivity contribution < 1.29 is 9.13 Å². The van der Waals surface area contributed by atoms with E-state index >= 15 is 0 Å². The van der Waals surface area contributed by atoms with Gasteiger partial charge in [-0.15, -0.1) is 0 Å². The number of ether oxygens (including phenoxy) is 1. The molecule has 5 heteroatoms. The van der Waals surface area contributed by atoms with Crippen LogP contribution in [0.1, 0.15) is 24.7 Å². The molecule has 4 nitrogen and oxygen atoms in total. The molecule has 1 aromatic heterocycles. The number of aromatic nitrogens is 2. The van der Waals surface area contributed by atoms with Crippen LogP contribution in [0.2, 0.25) is 0 Å². The number of benzene rings is 1. The van der Waals surface area contributed by atoms with E-state index in [1.165, 1.54) is 25.0 Å². The van der Waals surface area contributed by atoms with Crippen molar-refractivity contribution in [2.45, 2.75) is 31.4 Å². The predicted molar refractivity (Wildman–Crippen MR) is 74.3 cm³/mol. The number of hydrogen-bond acceptors (Lipinski definition) is 3. The van der Waals surface area contributed by atoms with E-state index < -0.39 is 0 Å². The number of rotatable bonds is 3. The van der Waals surface area contributed by atoms with Gasteiger partial charge in [-0.25, -0.2) is 9.37 Å². The normalized spacial score (nSPS) is 23.4. The lowest BCUT2D eigenvalue weighted by Gasteiger charge is -2.23. The molecule has 0 spiro atoms. The maximum Gasteiger partial charge on any atom is 0.125 e. The van der Waals surface area contributed by atoms with Crippen LogP contribution >= 0.6 is 0 Å². The van der Waals surface area contributed by atoms with Crippen LogP contribution in [0, 0.1) is 5.82 Å². The Hall–Kier alpha value is -1.46. The Bertz CT molecular complexity index is 629. The summed E-state index contributed by atoms with van der Waals surface area (Å²) in [6.07, 6.45) is 3.35. The zero-order valence-corrected chi connectivity index (χ0v) is 11.3. The molecular formula is C15H18FN3O. The Morgan fingerprint density at radius 3 is 3.05 bits per heavy atom. The van der Waals surface area contributed by atoms with Crippen LogP contribution in [0.15, 0.2) is 18.2 Å². The first kappa shape index (κ1) is 12.3. The van der Waals surface area contributed by atoms with Crippen LogP contribution in [0.25, 0.3) is 11.0 Å². The highest BCUT2D eigenvalue weighted by molar-refractivity contribution is 5.76. The Kier molecular flexibility index (Phi) is 2.97. The van der Waals surface area contributed by atoms with Gasteiger partial charge in [0.1, 0.15) is 11.6 Å². The van der Waals surface area contributed by atoms with Gasteiger partial charge in [0, 0.05) is 31.6 Å². The minimum absolute atomic E-state index is 0.169. The highest BCUT2D eigenvalue weighted by Crippen LogP contribution is 2.39. The van der Waals surface area contributed by atoms with Crippen LogP contribution in [-0.4, -0.2) is 35.4 Å². The number of hydrogen-bond donors (Lipinski definition) is 1. The van der Waals surface area contributed by atoms with Gasteiger partial charge in [-0.1, -0.05) is 0 Å². The molecule has 1 atom stereocenters. The summed E-state index contributed by atoms with van der Waals surface area (Å²) in [6, 6.07) is 5.43. The molecule has 0 radical (unpaired) electrons. The van der Waals surface area contributed by atoms with E-state index in [1.54, 1.807) is 0 Å². The molecule has 1 saturated carbocycles. The molecule has 1 saturated heterocycles. The number of fused-ring (bicyclic) bond motifs is 1. The molecule has 20 heavy (non-hydrogen) atoms. The Balaban J connectivity index is 1.71. The SMILES string of the molecule is Fc1ccc2c(c1)nc(CC1CNCCO1)n2C1CC1. The summed E-state index contributed by atoms with van der Waals surface area (Å²) >= 11 is 0. The summed E-state index contributed by atoms with van der Waals surface area (Å²) in [5.74, 6) is 0.807. The van der Waals surface area contributed by atoms with Crippen LogP contribution in [0.3, 0.4) is 0 Å². The monoisotopic (exact) mass is 275 g/mol. The third kappa shape index (κ3) is 2.21. The van der Waals surface area contributed by atoms with Gasteiger partial charge in [0.2, 0.25) is 0 Å². The van der Waals surface area contributed by atoms with Crippen LogP contribution in [-0.2, 0) is 11.2 Å². The summed E-state index contributed by atoms with van der Waals surface area (Å²) in [4.78, 5) is 4.64. The van der Waals surface area contributed by atoms with Crippen LogP contribution in [0.5, 0.6) is 0 Å². The van der Waals surface area contributed by atoms with Gasteiger partial charge in [-0.2, -0.15) is 0 Å². The third-order valence-electron chi connectivity index (χ3n) is 4.05. The molecule has 1 aromatic carbocycles. The first-order valence-corrected chi connectivity index (χ1v) is 7.30. The van der Waals surface area contributed by atoms with Crippen molar-refractivity contribution in [3.63, 3.8) is 0 Å². The molecule has 2 aliphatic rings. The summed E-state index contributed by atoms with van der Waals surface area (Å²) in [7, 11) is 0. The van der Waals surface area contributed by atoms with Crippen molar-refractivity contribution in [1.29, 1.82) is 0 Å². The molecule has 4 rings (SSSR count). The first-order valence-electron chi connectivity index (χ1n) is 7.30. The lowest BCUT2D eigenvalue weighted by Crippen LogP contribution is -2.40. The molecule has 106 valence electrons. The second kappa shape index (κ2) is 4.82. The average Bonchev–Trinajstić information content (AvgIpc) is 3.22. The molecule has 2 aromatic rings. The topological polar surface area (TPSA) is 39.1 Å². The fourth-order valence-electron chi connectivity index (χ4n) is 2.96. The predicted octanol–water partition coefficient (Wildman–Crippen LogP) is 2.04. The second-order valence-corrected chi connectivity index (χ2v) is 5.66. The molecule has 0 bridgehead atoms. The average molecular weight is 275 g/mol. The van der Waals surface area contributed by atoms with E-state index in [4.69, 9.17) is 4.74 Å². The van der Waals surface area contributed by atoms with Gasteiger partial charge in [0.15, 0.2) is 0 Å². The van der Waals surface area contributed by atoms with Crippen molar-refractivity contribution in [2.24, 2.45) is 0 Å². The van der Waals surface area contributed by atoms with E-state index in [9.17, 15) is 4.39 Å². The maximum atomic E-state index is 13.4. The zero-order chi connectivity index (χ0) is 13.5. The number of nitrogens with zero attached hydrogens (tertiary/aromatic N) is 2. The number of morpholine rings is 1. The minimum Gasteiger partial charge on any atom is -0.375 e. The van der Waals surface area contributed by atoms with E-state index in [0.717, 1.165) is 43.0 Å². The summed E-state index contributed by atoms with van der Waals surface area (Å²) in [5.41, 5.74) is 1.81. The van der Waals surface area contributed by atoms with Gasteiger partial charge >= 0.3 is 0 Å². The fourth-order valence-corrected chi connectivity index (χ4v) is 2.96. The lowest BCUT2D eigenvalue weighted by atomic mass is 10.2. The Labute approximate surface area is 116 Å². The third-order valence-corrected chi connectivity index (χ3v) is 4.05. The lowest BCUT2D eigenvalue weighted by molar-refractivity contribution is 0.0276. The van der Waals surface area contributed by atoms with Crippen LogP contribution < -0.4 is 5.32 Å². The summed E-state index contributed by atoms with van der Waals surface area (Å²) in [6.45, 7) is 2.53. The smallest absolute Gasteiger partial charge is 0.125 e. The van der Waals surface area contributed by atoms with Crippen molar-refractivity contribution in [3.8, 4) is 0 Å². The molecule has 2 fully saturated rings. The van der Waals surface area contributed by atoms with Gasteiger partial charge in [0.25, 0.3) is 0 Å². The second-order valence-electron chi connectivity index (χ2n) is 5.66. The molecule has 0 amide bonds. The fraction of sp³-hybridized carbons (Fsp3) is 0.533. The van der Waals surface area contributed by atoms with E-state index in [-0.39, 0.29) is 11.9 Å². The van der Waals surface area contributed by atoms with Gasteiger partial charge < -0.3 is 14.6 Å². The van der Waals surface area contributed by atoms with Gasteiger partial charge in [-0.05, 0) is 25.0 Å². The van der Waals surface area contributed by atoms with Crippen molar-refractivity contribution >= 4 is 11.0 Å². The number of imidazole rings is 1. The number of nitrogens with one attached hydrogen (secondary N) is 1. The maximum absolute atomic E-state index is 13.4. The Morgan fingerprint density at radius 2 is 2.30 bits per heavy atom. The van der Waals surface area contributed by atoms with Crippen molar-refractivity contribution in [3.05, 3.63) is 29.8 Å². The molecule has 1 N–H and O–H groups in total. The summed E-state index contributed by atoms with van der Waals surface area (Å²) in [5, 5.41) is 3.34. The number of halogens is 1. The van der Waals surface area contributed by atoms with Gasteiger partial charge in [0.05, 0.1) is 23.7 Å². The highest BCUT2D eigenvalue weighted by Gasteiger charge is 2.29. The zero-order valence-electron chi connectivity index (χ0n) is 11.3. The first-order chi connectivity index (χ1) is 9.81. The molecule has 1 aliphatic carbocycles. The molecular weight excluding hydrogens is 257 g/mol.